The van der Waals surface area contributed by atoms with Gasteiger partial charge in [0.2, 0.25) is 0 Å². The van der Waals surface area contributed by atoms with Crippen molar-refractivity contribution in [1.29, 1.82) is 0 Å². The summed E-state index contributed by atoms with van der Waals surface area (Å²) in [4.78, 5) is 8.83. The Morgan fingerprint density at radius 1 is 1.33 bits per heavy atom. The topological polar surface area (TPSA) is 20.5 Å². The number of thiophene rings is 1. The second kappa shape index (κ2) is 5.55. The molecule has 3 aromatic rings. The molecule has 1 atom stereocenters. The largest absolute Gasteiger partial charge is 0.294 e. The number of thiazole rings is 1. The van der Waals surface area contributed by atoms with E-state index in [0.29, 0.717) is 6.04 Å². The summed E-state index contributed by atoms with van der Waals surface area (Å²) < 4.78 is 2.23. The molecule has 1 aliphatic rings. The molecule has 4 heterocycles. The molecule has 1 saturated heterocycles. The van der Waals surface area contributed by atoms with Crippen molar-refractivity contribution in [3.63, 3.8) is 0 Å². The highest BCUT2D eigenvalue weighted by atomic mass is 32.1. The lowest BCUT2D eigenvalue weighted by molar-refractivity contribution is 0.139. The van der Waals surface area contributed by atoms with Crippen LogP contribution in [0.4, 0.5) is 0 Å². The number of aryl methyl sites for hydroxylation is 1. The number of imidazole rings is 1. The zero-order chi connectivity index (χ0) is 14.2. The Morgan fingerprint density at radius 2 is 2.29 bits per heavy atom. The first-order valence-corrected chi connectivity index (χ1v) is 9.32. The third-order valence-electron chi connectivity index (χ3n) is 4.35. The molecule has 110 valence electrons. The van der Waals surface area contributed by atoms with Gasteiger partial charge in [-0.25, -0.2) is 4.98 Å². The van der Waals surface area contributed by atoms with E-state index in [1.165, 1.54) is 41.9 Å². The van der Waals surface area contributed by atoms with Gasteiger partial charge in [0.1, 0.15) is 10.7 Å². The van der Waals surface area contributed by atoms with Crippen molar-refractivity contribution >= 4 is 27.5 Å². The van der Waals surface area contributed by atoms with Crippen LogP contribution < -0.4 is 0 Å². The summed E-state index contributed by atoms with van der Waals surface area (Å²) in [5.41, 5.74) is 2.72. The van der Waals surface area contributed by atoms with E-state index in [0.717, 1.165) is 12.4 Å². The molecule has 0 aromatic carbocycles. The number of rotatable bonds is 3. The molecular formula is C16H19N3S2. The van der Waals surface area contributed by atoms with Crippen LogP contribution in [0.3, 0.4) is 0 Å². The average Bonchev–Trinajstić information content (AvgIpc) is 3.20. The van der Waals surface area contributed by atoms with Crippen LogP contribution in [0.1, 0.15) is 42.4 Å². The molecule has 0 bridgehead atoms. The number of fused-ring (bicyclic) bond motifs is 1. The zero-order valence-electron chi connectivity index (χ0n) is 12.2. The van der Waals surface area contributed by atoms with Crippen molar-refractivity contribution in [3.05, 3.63) is 45.5 Å². The first-order chi connectivity index (χ1) is 10.3. The second-order valence-corrected chi connectivity index (χ2v) is 7.41. The quantitative estimate of drug-likeness (QED) is 0.709. The maximum absolute atomic E-state index is 4.89. The highest BCUT2D eigenvalue weighted by Gasteiger charge is 2.28. The van der Waals surface area contributed by atoms with E-state index in [2.05, 4.69) is 44.6 Å². The van der Waals surface area contributed by atoms with Crippen LogP contribution in [0, 0.1) is 6.92 Å². The number of aromatic nitrogens is 2. The van der Waals surface area contributed by atoms with Crippen LogP contribution in [0.15, 0.2) is 28.4 Å². The second-order valence-electron chi connectivity index (χ2n) is 5.74. The summed E-state index contributed by atoms with van der Waals surface area (Å²) in [6.45, 7) is 4.34. The van der Waals surface area contributed by atoms with Crippen LogP contribution in [-0.2, 0) is 6.54 Å². The molecule has 0 N–H and O–H groups in total. The molecular weight excluding hydrogens is 298 g/mol. The summed E-state index contributed by atoms with van der Waals surface area (Å²) >= 11 is 3.60. The zero-order valence-corrected chi connectivity index (χ0v) is 13.8. The maximum Gasteiger partial charge on any atom is 0.124 e. The summed E-state index contributed by atoms with van der Waals surface area (Å²) in [6, 6.07) is 2.72. The van der Waals surface area contributed by atoms with Crippen molar-refractivity contribution in [3.8, 4) is 0 Å². The predicted octanol–water partition coefficient (Wildman–Crippen LogP) is 4.49. The van der Waals surface area contributed by atoms with E-state index in [1.54, 1.807) is 11.3 Å². The third-order valence-corrected chi connectivity index (χ3v) is 5.97. The minimum atomic E-state index is 0.473. The first kappa shape index (κ1) is 13.5. The van der Waals surface area contributed by atoms with Gasteiger partial charge in [0.25, 0.3) is 0 Å². The lowest BCUT2D eigenvalue weighted by Gasteiger charge is -2.34. The fraction of sp³-hybridized carbons (Fsp3) is 0.438. The predicted molar refractivity (Wildman–Crippen MR) is 89.1 cm³/mol. The van der Waals surface area contributed by atoms with Gasteiger partial charge in [0.15, 0.2) is 0 Å². The standard InChI is InChI=1S/C16H19N3S2/c1-12-17-15(16-19(12)7-9-21-16)14-4-2-3-6-18(14)10-13-5-8-20-11-13/h5,7-9,11,14H,2-4,6,10H2,1H3/t14-/m0/s1. The van der Waals surface area contributed by atoms with Gasteiger partial charge in [0, 0.05) is 18.1 Å². The van der Waals surface area contributed by atoms with E-state index in [9.17, 15) is 0 Å². The van der Waals surface area contributed by atoms with Crippen molar-refractivity contribution in [2.45, 2.75) is 38.8 Å². The fourth-order valence-corrected chi connectivity index (χ4v) is 4.90. The van der Waals surface area contributed by atoms with Crippen molar-refractivity contribution in [2.24, 2.45) is 0 Å². The number of hydrogen-bond donors (Lipinski definition) is 0. The SMILES string of the molecule is Cc1nc([C@@H]2CCCCN2Cc2ccsc2)c2sccn12. The maximum atomic E-state index is 4.89. The van der Waals surface area contributed by atoms with Crippen molar-refractivity contribution < 1.29 is 0 Å². The van der Waals surface area contributed by atoms with E-state index >= 15 is 0 Å². The van der Waals surface area contributed by atoms with Gasteiger partial charge in [0.05, 0.1) is 11.7 Å². The molecule has 0 spiro atoms. The molecule has 21 heavy (non-hydrogen) atoms. The van der Waals surface area contributed by atoms with Crippen LogP contribution >= 0.6 is 22.7 Å². The normalized spacial score (nSPS) is 20.3. The molecule has 3 nitrogen and oxygen atoms in total. The molecule has 4 rings (SSSR count). The van der Waals surface area contributed by atoms with Gasteiger partial charge in [-0.05, 0) is 48.7 Å². The van der Waals surface area contributed by atoms with E-state index in [4.69, 9.17) is 4.98 Å². The van der Waals surface area contributed by atoms with Gasteiger partial charge in [-0.3, -0.25) is 9.30 Å². The number of nitrogens with zero attached hydrogens (tertiary/aromatic N) is 3. The minimum absolute atomic E-state index is 0.473. The van der Waals surface area contributed by atoms with Crippen LogP contribution in [0.5, 0.6) is 0 Å². The molecule has 1 fully saturated rings. The number of likely N-dealkylation sites (tertiary alicyclic amines) is 1. The van der Waals surface area contributed by atoms with Crippen molar-refractivity contribution in [1.82, 2.24) is 14.3 Å². The first-order valence-electron chi connectivity index (χ1n) is 7.50. The van der Waals surface area contributed by atoms with Crippen LogP contribution in [-0.4, -0.2) is 20.8 Å². The van der Waals surface area contributed by atoms with E-state index in [1.807, 2.05) is 11.3 Å². The molecule has 5 heteroatoms. The summed E-state index contributed by atoms with van der Waals surface area (Å²) in [6.07, 6.45) is 5.99. The number of hydrogen-bond acceptors (Lipinski definition) is 4. The molecule has 0 aliphatic carbocycles. The Morgan fingerprint density at radius 3 is 3.14 bits per heavy atom. The van der Waals surface area contributed by atoms with E-state index in [-0.39, 0.29) is 0 Å². The van der Waals surface area contributed by atoms with Gasteiger partial charge in [-0.1, -0.05) is 6.42 Å². The average molecular weight is 317 g/mol. The lowest BCUT2D eigenvalue weighted by atomic mass is 9.99. The van der Waals surface area contributed by atoms with Gasteiger partial charge in [-0.15, -0.1) is 11.3 Å². The van der Waals surface area contributed by atoms with Crippen LogP contribution in [0.25, 0.3) is 4.83 Å². The number of piperidine rings is 1. The summed E-state index contributed by atoms with van der Waals surface area (Å²) in [5.74, 6) is 1.11. The minimum Gasteiger partial charge on any atom is -0.294 e. The fourth-order valence-electron chi connectivity index (χ4n) is 3.32. The Hall–Kier alpha value is -1.17. The molecule has 0 radical (unpaired) electrons. The van der Waals surface area contributed by atoms with Gasteiger partial charge >= 0.3 is 0 Å². The Bertz CT molecular complexity index is 726. The third kappa shape index (κ3) is 2.43. The van der Waals surface area contributed by atoms with Crippen molar-refractivity contribution in [2.75, 3.05) is 6.54 Å². The monoisotopic (exact) mass is 317 g/mol. The molecule has 1 aliphatic heterocycles. The molecule has 0 saturated carbocycles. The highest BCUT2D eigenvalue weighted by Crippen LogP contribution is 2.35. The van der Waals surface area contributed by atoms with Gasteiger partial charge < -0.3 is 0 Å². The summed E-state index contributed by atoms with van der Waals surface area (Å²) in [5, 5.41) is 6.61. The molecule has 0 amide bonds. The Labute approximate surface area is 132 Å². The Kier molecular flexibility index (Phi) is 3.57. The van der Waals surface area contributed by atoms with Gasteiger partial charge in [-0.2, -0.15) is 11.3 Å². The summed E-state index contributed by atoms with van der Waals surface area (Å²) in [7, 11) is 0. The lowest BCUT2D eigenvalue weighted by Crippen LogP contribution is -2.33. The highest BCUT2D eigenvalue weighted by molar-refractivity contribution is 7.15. The van der Waals surface area contributed by atoms with Crippen LogP contribution in [0.2, 0.25) is 0 Å². The molecule has 3 aromatic heterocycles. The smallest absolute Gasteiger partial charge is 0.124 e. The Balaban J connectivity index is 1.68. The molecule has 0 unspecified atom stereocenters. The van der Waals surface area contributed by atoms with E-state index < -0.39 is 0 Å².